The summed E-state index contributed by atoms with van der Waals surface area (Å²) in [6.07, 6.45) is -1.68. The molecule has 14 atom stereocenters. The number of carbonyl (C=O) groups is 2. The highest BCUT2D eigenvalue weighted by Crippen LogP contribution is 2.70. The van der Waals surface area contributed by atoms with Crippen LogP contribution in [0.15, 0.2) is 12.2 Å². The zero-order chi connectivity index (χ0) is 35.0. The van der Waals surface area contributed by atoms with Gasteiger partial charge in [0.25, 0.3) is 0 Å². The van der Waals surface area contributed by atoms with Crippen molar-refractivity contribution in [1.29, 1.82) is 0 Å². The molecule has 48 heavy (non-hydrogen) atoms. The summed E-state index contributed by atoms with van der Waals surface area (Å²) in [7, 11) is 0. The lowest BCUT2D eigenvalue weighted by Gasteiger charge is -2.62. The average molecular weight is 835 g/mol. The molecule has 15 nitrogen and oxygen atoms in total. The van der Waals surface area contributed by atoms with E-state index in [0.717, 1.165) is 31.3 Å². The van der Waals surface area contributed by atoms with Crippen LogP contribution in [-0.4, -0.2) is 83.4 Å². The molecule has 1 saturated heterocycles. The summed E-state index contributed by atoms with van der Waals surface area (Å²) >= 11 is -0.277. The predicted octanol–water partition coefficient (Wildman–Crippen LogP) is 4.56. The number of rotatable bonds is 14. The monoisotopic (exact) mass is 834 g/mol. The summed E-state index contributed by atoms with van der Waals surface area (Å²) in [6, 6.07) is 0. The highest BCUT2D eigenvalue weighted by Gasteiger charge is 2.67. The van der Waals surface area contributed by atoms with Crippen molar-refractivity contribution in [2.75, 3.05) is 4.43 Å². The molecule has 4 aliphatic carbocycles. The van der Waals surface area contributed by atoms with E-state index in [1.54, 1.807) is 0 Å². The van der Waals surface area contributed by atoms with Gasteiger partial charge < -0.3 is 24.4 Å². The smallest absolute Gasteiger partial charge is 0.306 e. The van der Waals surface area contributed by atoms with Crippen molar-refractivity contribution in [3.8, 4) is 0 Å². The number of alkyl halides is 1. The molecule has 0 aromatic carbocycles. The van der Waals surface area contributed by atoms with Crippen LogP contribution in [-0.2, 0) is 57.8 Å². The highest BCUT2D eigenvalue weighted by atomic mass is 125. The van der Waals surface area contributed by atoms with Gasteiger partial charge in [0.1, 0.15) is 11.4 Å². The lowest BCUT2D eigenvalue weighted by molar-refractivity contribution is -0.436. The fourth-order valence-electron chi connectivity index (χ4n) is 9.79. The Morgan fingerprint density at radius 2 is 1.92 bits per heavy atom. The molecule has 1 spiro atoms. The van der Waals surface area contributed by atoms with Gasteiger partial charge in [-0.3, -0.25) is 13.8 Å². The number of aliphatic hydroxyl groups is 1. The van der Waals surface area contributed by atoms with Gasteiger partial charge in [-0.05, 0) is 79.6 Å². The Labute approximate surface area is 299 Å². The van der Waals surface area contributed by atoms with Crippen molar-refractivity contribution in [1.82, 2.24) is 0 Å². The summed E-state index contributed by atoms with van der Waals surface area (Å²) in [5.74, 6) is -2.21. The number of carbonyl (C=O) groups excluding carboxylic acids is 1. The molecule has 0 amide bonds. The zero-order valence-electron chi connectivity index (χ0n) is 27.0. The molecule has 9 unspecified atom stereocenters. The number of carboxylic acid groups (broad SMARTS) is 1. The third-order valence-electron chi connectivity index (χ3n) is 11.5. The summed E-state index contributed by atoms with van der Waals surface area (Å²) in [5.41, 5.74) is 0.0120. The fraction of sp³-hybridized carbons (Fsp3) is 0.867. The van der Waals surface area contributed by atoms with Crippen molar-refractivity contribution in [2.24, 2.45) is 40.4 Å². The van der Waals surface area contributed by atoms with E-state index in [2.05, 4.69) is 32.2 Å². The lowest BCUT2D eigenvalue weighted by Crippen LogP contribution is -2.63. The first-order valence-electron chi connectivity index (χ1n) is 16.2. The van der Waals surface area contributed by atoms with Crippen molar-refractivity contribution in [3.63, 3.8) is 0 Å². The second kappa shape index (κ2) is 16.0. The minimum Gasteiger partial charge on any atom is -0.481 e. The minimum absolute atomic E-state index is 0.0156. The highest BCUT2D eigenvalue weighted by molar-refractivity contribution is 14.1. The van der Waals surface area contributed by atoms with Crippen LogP contribution in [0.5, 0.6) is 0 Å². The van der Waals surface area contributed by atoms with E-state index in [1.807, 2.05) is 36.4 Å². The Bertz CT molecular complexity index is 1210. The van der Waals surface area contributed by atoms with Crippen LogP contribution < -0.4 is 0 Å². The molecule has 4 N–H and O–H groups in total. The van der Waals surface area contributed by atoms with E-state index in [0.29, 0.717) is 12.8 Å². The molecular weight excluding hydrogens is 789 g/mol. The van der Waals surface area contributed by atoms with Crippen LogP contribution in [0.25, 0.3) is 0 Å². The number of hydrogen-bond donors (Lipinski definition) is 4. The van der Waals surface area contributed by atoms with Crippen molar-refractivity contribution in [2.45, 2.75) is 114 Å². The van der Waals surface area contributed by atoms with Gasteiger partial charge >= 0.3 is 11.9 Å². The molecule has 2 bridgehead atoms. The Kier molecular flexibility index (Phi) is 12.9. The topological polar surface area (TPSA) is 206 Å². The van der Waals surface area contributed by atoms with E-state index in [9.17, 15) is 24.0 Å². The van der Waals surface area contributed by atoms with Gasteiger partial charge in [0.2, 0.25) is 0 Å². The van der Waals surface area contributed by atoms with Crippen molar-refractivity contribution in [3.05, 3.63) is 12.2 Å². The zero-order valence-corrected chi connectivity index (χ0v) is 30.8. The summed E-state index contributed by atoms with van der Waals surface area (Å²) in [4.78, 5) is 25.9. The van der Waals surface area contributed by atoms with Gasteiger partial charge in [-0.1, -0.05) is 60.0 Å². The SMILES string of the molecule is C=C1C2CCC3C4(C)CC(O[C@@H]5O[C@@H](C[125I])[C@@H](S(=O)OOO)[C@@H](OSOOO)C5OC(=O)CC(C)C)CC(C(=O)O)C4CCC3(C2)[C@H]1O. The Morgan fingerprint density at radius 1 is 1.17 bits per heavy atom. The molecule has 5 aliphatic rings. The maximum atomic E-state index is 13.1. The quantitative estimate of drug-likeness (QED) is 0.0218. The van der Waals surface area contributed by atoms with E-state index in [4.69, 9.17) is 28.9 Å². The van der Waals surface area contributed by atoms with Gasteiger partial charge in [-0.15, -0.1) is 8.67 Å². The Hall–Kier alpha value is -0.490. The molecule has 1 heterocycles. The van der Waals surface area contributed by atoms with E-state index in [1.165, 1.54) is 0 Å². The summed E-state index contributed by atoms with van der Waals surface area (Å²) in [5, 5.41) is 45.7. The second-order valence-electron chi connectivity index (χ2n) is 14.4. The molecular formula is C30H45IO15S2. The van der Waals surface area contributed by atoms with Crippen LogP contribution in [0.4, 0.5) is 0 Å². The third-order valence-corrected chi connectivity index (χ3v) is 14.0. The van der Waals surface area contributed by atoms with Gasteiger partial charge in [-0.2, -0.15) is 0 Å². The first-order valence-corrected chi connectivity index (χ1v) is 19.5. The van der Waals surface area contributed by atoms with E-state index >= 15 is 0 Å². The number of aliphatic hydroxyl groups excluding tert-OH is 1. The lowest BCUT2D eigenvalue weighted by atomic mass is 9.43. The molecule has 274 valence electrons. The fourth-order valence-corrected chi connectivity index (χ4v) is 12.3. The van der Waals surface area contributed by atoms with E-state index in [-0.39, 0.29) is 58.7 Å². The standard InChI is InChI=1S/C30H45IO15S2/c1-14(2)9-22(32)41-24-23(42-47-45-43-36)25(48(38)46-44-37)20(13-31)40-28(24)39-17-10-18(27(34)35)19-7-8-30-11-16(15(3)26(30)33)5-6-21(30)29(19,4)12-17/h14,16-21,23-26,28,33,36-37H,3,5-13H2,1-2,4H3,(H,34,35)/t16?,17?,18?,19?,20-,21?,23-,24?,25+,26-,28+,29?,30?,48?/m0/s1/i31-2. The Morgan fingerprint density at radius 3 is 2.56 bits per heavy atom. The van der Waals surface area contributed by atoms with Gasteiger partial charge in [0.15, 0.2) is 35.8 Å². The summed E-state index contributed by atoms with van der Waals surface area (Å²) in [6.45, 7) is 10.0. The van der Waals surface area contributed by atoms with Crippen molar-refractivity contribution >= 4 is 57.9 Å². The molecule has 0 aromatic heterocycles. The van der Waals surface area contributed by atoms with Crippen LogP contribution >= 0.6 is 34.9 Å². The Balaban J connectivity index is 1.48. The molecule has 0 radical (unpaired) electrons. The van der Waals surface area contributed by atoms with Crippen LogP contribution in [0, 0.1) is 40.4 Å². The number of halogens is 1. The van der Waals surface area contributed by atoms with Crippen LogP contribution in [0.2, 0.25) is 0 Å². The number of fused-ring (bicyclic) bond motifs is 3. The number of ether oxygens (including phenoxy) is 3. The minimum atomic E-state index is -2.43. The van der Waals surface area contributed by atoms with Crippen LogP contribution in [0.1, 0.15) is 72.1 Å². The van der Waals surface area contributed by atoms with Gasteiger partial charge in [-0.25, -0.2) is 14.7 Å². The normalized spacial score (nSPS) is 43.0. The van der Waals surface area contributed by atoms with Gasteiger partial charge in [0.05, 0.1) is 24.2 Å². The van der Waals surface area contributed by atoms with Gasteiger partial charge in [0, 0.05) is 16.3 Å². The number of esters is 1. The predicted molar refractivity (Wildman–Crippen MR) is 175 cm³/mol. The van der Waals surface area contributed by atoms with E-state index < -0.39 is 76.4 Å². The summed E-state index contributed by atoms with van der Waals surface area (Å²) < 4.78 is 46.7. The average Bonchev–Trinajstić information content (AvgIpc) is 3.20. The molecule has 1 aliphatic heterocycles. The number of aliphatic carboxylic acids is 1. The number of hydrogen-bond acceptors (Lipinski definition) is 15. The maximum absolute atomic E-state index is 13.1. The molecule has 0 aromatic rings. The number of carboxylic acids is 1. The first-order chi connectivity index (χ1) is 22.8. The first kappa shape index (κ1) is 38.7. The van der Waals surface area contributed by atoms with Crippen molar-refractivity contribution < 1.29 is 71.7 Å². The third kappa shape index (κ3) is 7.38. The van der Waals surface area contributed by atoms with Crippen LogP contribution in [0.3, 0.4) is 0 Å². The molecule has 4 saturated carbocycles. The molecule has 5 fully saturated rings. The largest absolute Gasteiger partial charge is 0.481 e. The molecule has 5 rings (SSSR count). The maximum Gasteiger partial charge on any atom is 0.306 e. The second-order valence-corrected chi connectivity index (χ2v) is 17.0. The molecule has 18 heteroatoms.